The number of aromatic nitrogens is 4. The first-order chi connectivity index (χ1) is 14.2. The van der Waals surface area contributed by atoms with E-state index in [1.165, 1.54) is 0 Å². The number of imidazole rings is 1. The van der Waals surface area contributed by atoms with Crippen molar-refractivity contribution in [2.24, 2.45) is 0 Å². The van der Waals surface area contributed by atoms with Gasteiger partial charge < -0.3 is 25.1 Å². The maximum atomic E-state index is 12.0. The van der Waals surface area contributed by atoms with Crippen LogP contribution in [0, 0.1) is 0 Å². The Kier molecular flexibility index (Phi) is 5.39. The van der Waals surface area contributed by atoms with Gasteiger partial charge in [0.25, 0.3) is 0 Å². The SMILES string of the molecule is COCCOC(=O)N1CC=C(c2cnc(N)c(-c3nc4ccccc4[nH]3)n2)CC1.[HH].[HH]. The number of H-pyrrole nitrogens is 1. The van der Waals surface area contributed by atoms with Crippen molar-refractivity contribution in [1.29, 1.82) is 0 Å². The van der Waals surface area contributed by atoms with E-state index >= 15 is 0 Å². The molecule has 3 heterocycles. The summed E-state index contributed by atoms with van der Waals surface area (Å²) in [5, 5.41) is 0. The molecule has 9 heteroatoms. The minimum absolute atomic E-state index is 0. The van der Waals surface area contributed by atoms with Gasteiger partial charge >= 0.3 is 6.09 Å². The zero-order valence-electron chi connectivity index (χ0n) is 16.1. The number of carbonyl (C=O) groups is 1. The monoisotopic (exact) mass is 398 g/mol. The Labute approximate surface area is 170 Å². The molecule has 0 radical (unpaired) electrons. The van der Waals surface area contributed by atoms with Crippen LogP contribution in [0.15, 0.2) is 36.5 Å². The third kappa shape index (κ3) is 4.04. The summed E-state index contributed by atoms with van der Waals surface area (Å²) in [6.45, 7) is 1.62. The molecule has 4 rings (SSSR count). The van der Waals surface area contributed by atoms with Crippen LogP contribution in [0.2, 0.25) is 0 Å². The van der Waals surface area contributed by atoms with E-state index in [4.69, 9.17) is 20.2 Å². The van der Waals surface area contributed by atoms with Crippen molar-refractivity contribution in [1.82, 2.24) is 24.8 Å². The van der Waals surface area contributed by atoms with Crippen LogP contribution in [-0.4, -0.2) is 64.3 Å². The zero-order chi connectivity index (χ0) is 20.2. The van der Waals surface area contributed by atoms with Crippen molar-refractivity contribution in [3.8, 4) is 11.5 Å². The predicted molar refractivity (Wildman–Crippen MR) is 113 cm³/mol. The van der Waals surface area contributed by atoms with Crippen LogP contribution < -0.4 is 5.73 Å². The summed E-state index contributed by atoms with van der Waals surface area (Å²) in [5.74, 6) is 0.894. The Morgan fingerprint density at radius 3 is 2.93 bits per heavy atom. The molecule has 1 aliphatic heterocycles. The number of fused-ring (bicyclic) bond motifs is 1. The van der Waals surface area contributed by atoms with Crippen LogP contribution in [0.25, 0.3) is 28.1 Å². The fourth-order valence-corrected chi connectivity index (χ4v) is 3.16. The predicted octanol–water partition coefficient (Wildman–Crippen LogP) is 2.97. The van der Waals surface area contributed by atoms with Crippen LogP contribution in [0.3, 0.4) is 0 Å². The molecule has 0 saturated carbocycles. The maximum Gasteiger partial charge on any atom is 0.410 e. The van der Waals surface area contributed by atoms with Crippen molar-refractivity contribution in [2.45, 2.75) is 6.42 Å². The molecule has 9 nitrogen and oxygen atoms in total. The lowest BCUT2D eigenvalue weighted by Gasteiger charge is -2.25. The van der Waals surface area contributed by atoms with Gasteiger partial charge in [-0.25, -0.2) is 19.7 Å². The number of nitrogens with one attached hydrogen (secondary N) is 1. The number of nitrogen functional groups attached to an aromatic ring is 1. The number of methoxy groups -OCH3 is 1. The molecule has 0 saturated heterocycles. The lowest BCUT2D eigenvalue weighted by Crippen LogP contribution is -2.35. The van der Waals surface area contributed by atoms with Crippen LogP contribution >= 0.6 is 0 Å². The molecular weight excluding hydrogens is 372 g/mol. The fourth-order valence-electron chi connectivity index (χ4n) is 3.16. The molecule has 3 N–H and O–H groups in total. The van der Waals surface area contributed by atoms with Crippen molar-refractivity contribution < 1.29 is 17.1 Å². The smallest absolute Gasteiger partial charge is 0.410 e. The lowest BCUT2D eigenvalue weighted by atomic mass is 10.1. The largest absolute Gasteiger partial charge is 0.447 e. The Morgan fingerprint density at radius 1 is 1.31 bits per heavy atom. The Balaban J connectivity index is 0.00000171. The van der Waals surface area contributed by atoms with Crippen LogP contribution in [0.5, 0.6) is 0 Å². The number of rotatable bonds is 5. The number of benzene rings is 1. The van der Waals surface area contributed by atoms with Crippen LogP contribution in [0.4, 0.5) is 10.6 Å². The number of hydrogen-bond donors (Lipinski definition) is 2. The van der Waals surface area contributed by atoms with Crippen LogP contribution in [0.1, 0.15) is 15.0 Å². The van der Waals surface area contributed by atoms with E-state index in [0.717, 1.165) is 22.3 Å². The normalized spacial score (nSPS) is 14.1. The number of carbonyl (C=O) groups excluding carboxylic acids is 1. The van der Waals surface area contributed by atoms with Gasteiger partial charge in [-0.05, 0) is 24.1 Å². The van der Waals surface area contributed by atoms with Crippen molar-refractivity contribution in [2.75, 3.05) is 39.1 Å². The van der Waals surface area contributed by atoms with E-state index in [0.29, 0.717) is 43.5 Å². The molecule has 0 atom stereocenters. The van der Waals surface area contributed by atoms with Crippen molar-refractivity contribution in [3.63, 3.8) is 0 Å². The first-order valence-electron chi connectivity index (χ1n) is 9.33. The van der Waals surface area contributed by atoms with Gasteiger partial charge in [-0.1, -0.05) is 18.2 Å². The number of aromatic amines is 1. The molecule has 29 heavy (non-hydrogen) atoms. The van der Waals surface area contributed by atoms with E-state index < -0.39 is 0 Å². The second kappa shape index (κ2) is 8.27. The van der Waals surface area contributed by atoms with E-state index in [-0.39, 0.29) is 15.6 Å². The summed E-state index contributed by atoms with van der Waals surface area (Å²) < 4.78 is 10.1. The average Bonchev–Trinajstić information content (AvgIpc) is 3.18. The van der Waals surface area contributed by atoms with Gasteiger partial charge in [0.15, 0.2) is 11.6 Å². The first-order valence-corrected chi connectivity index (χ1v) is 9.33. The molecule has 154 valence electrons. The van der Waals surface area contributed by atoms with Crippen molar-refractivity contribution >= 4 is 28.5 Å². The third-order valence-corrected chi connectivity index (χ3v) is 4.72. The van der Waals surface area contributed by atoms with E-state index in [9.17, 15) is 4.79 Å². The van der Waals surface area contributed by atoms with Crippen molar-refractivity contribution in [3.05, 3.63) is 42.2 Å². The molecule has 1 aromatic carbocycles. The molecule has 1 amide bonds. The summed E-state index contributed by atoms with van der Waals surface area (Å²) in [7, 11) is 1.57. The number of ether oxygens (including phenoxy) is 2. The minimum Gasteiger partial charge on any atom is -0.447 e. The standard InChI is InChI=1S/C20H22N6O3.2H2/c1-28-10-11-29-20(27)26-8-6-13(7-9-26)16-12-22-18(21)17(23-16)19-24-14-4-2-3-5-15(14)25-19;;/h2-6,12H,7-11H2,1H3,(H2,21,22)(H,24,25);2*1H. The molecule has 0 unspecified atom stereocenters. The topological polar surface area (TPSA) is 119 Å². The number of nitrogens with two attached hydrogens (primary N) is 1. The summed E-state index contributed by atoms with van der Waals surface area (Å²) in [4.78, 5) is 30.5. The third-order valence-electron chi connectivity index (χ3n) is 4.72. The zero-order valence-corrected chi connectivity index (χ0v) is 16.1. The molecule has 0 fully saturated rings. The Bertz CT molecular complexity index is 1040. The summed E-state index contributed by atoms with van der Waals surface area (Å²) in [6, 6.07) is 7.74. The van der Waals surface area contributed by atoms with Gasteiger partial charge in [0.1, 0.15) is 12.3 Å². The molecule has 0 bridgehead atoms. The molecule has 0 spiro atoms. The van der Waals surface area contributed by atoms with Gasteiger partial charge in [0.05, 0.1) is 29.5 Å². The fraction of sp³-hybridized carbons (Fsp3) is 0.300. The van der Waals surface area contributed by atoms with E-state index in [2.05, 4.69) is 15.0 Å². The average molecular weight is 398 g/mol. The summed E-state index contributed by atoms with van der Waals surface area (Å²) in [5.41, 5.74) is 10.1. The first kappa shape index (κ1) is 18.9. The number of hydrogen-bond acceptors (Lipinski definition) is 7. The van der Waals surface area contributed by atoms with Gasteiger partial charge in [-0.2, -0.15) is 0 Å². The Hall–Kier alpha value is -3.46. The molecule has 2 aromatic heterocycles. The van der Waals surface area contributed by atoms with Gasteiger partial charge in [-0.15, -0.1) is 0 Å². The molecule has 1 aliphatic rings. The highest BCUT2D eigenvalue weighted by Crippen LogP contribution is 2.26. The second-order valence-electron chi connectivity index (χ2n) is 6.62. The van der Waals surface area contributed by atoms with Gasteiger partial charge in [0.2, 0.25) is 0 Å². The quantitative estimate of drug-likeness (QED) is 0.634. The summed E-state index contributed by atoms with van der Waals surface area (Å²) >= 11 is 0. The molecular formula is C20H26N6O3. The number of nitrogens with zero attached hydrogens (tertiary/aromatic N) is 4. The highest BCUT2D eigenvalue weighted by atomic mass is 16.6. The minimum atomic E-state index is -0.344. The van der Waals surface area contributed by atoms with Gasteiger partial charge in [-0.3, -0.25) is 0 Å². The maximum absolute atomic E-state index is 12.0. The van der Waals surface area contributed by atoms with E-state index in [1.807, 2.05) is 30.3 Å². The molecule has 0 aliphatic carbocycles. The second-order valence-corrected chi connectivity index (χ2v) is 6.62. The number of amides is 1. The number of anilines is 1. The highest BCUT2D eigenvalue weighted by Gasteiger charge is 2.21. The van der Waals surface area contributed by atoms with E-state index in [1.54, 1.807) is 18.2 Å². The van der Waals surface area contributed by atoms with Crippen LogP contribution in [-0.2, 0) is 9.47 Å². The highest BCUT2D eigenvalue weighted by molar-refractivity contribution is 5.81. The molecule has 3 aromatic rings. The Morgan fingerprint density at radius 2 is 2.17 bits per heavy atom. The summed E-state index contributed by atoms with van der Waals surface area (Å²) in [6.07, 6.45) is 3.92. The van der Waals surface area contributed by atoms with Gasteiger partial charge in [0, 0.05) is 23.1 Å². The lowest BCUT2D eigenvalue weighted by molar-refractivity contribution is 0.0741. The number of para-hydroxylation sites is 2.